The Bertz CT molecular complexity index is 1320. The van der Waals surface area contributed by atoms with Crippen LogP contribution in [0.25, 0.3) is 33.0 Å². The average Bonchev–Trinajstić information content (AvgIpc) is 3.42. The quantitative estimate of drug-likeness (QED) is 0.379. The first kappa shape index (κ1) is 19.1. The van der Waals surface area contributed by atoms with Gasteiger partial charge in [0.2, 0.25) is 5.91 Å². The maximum Gasteiger partial charge on any atom is 0.230 e. The van der Waals surface area contributed by atoms with Crippen LogP contribution in [0, 0.1) is 5.82 Å². The summed E-state index contributed by atoms with van der Waals surface area (Å²) in [6.07, 6.45) is 0.170. The third-order valence-corrected chi connectivity index (χ3v) is 5.76. The predicted octanol–water partition coefficient (Wildman–Crippen LogP) is 5.67. The minimum Gasteiger partial charge on any atom is -0.338 e. The summed E-state index contributed by atoms with van der Waals surface area (Å²) < 4.78 is 13.1. The number of nitrogens with one attached hydrogen (secondary N) is 2. The van der Waals surface area contributed by atoms with Gasteiger partial charge in [-0.3, -0.25) is 4.79 Å². The van der Waals surface area contributed by atoms with Crippen molar-refractivity contribution in [2.75, 3.05) is 5.32 Å². The molecule has 0 saturated carbocycles. The van der Waals surface area contributed by atoms with Gasteiger partial charge in [-0.25, -0.2) is 14.4 Å². The number of carbonyl (C=O) groups is 1. The van der Waals surface area contributed by atoms with E-state index in [1.165, 1.54) is 23.5 Å². The molecule has 2 aromatic heterocycles. The molecule has 0 radical (unpaired) electrons. The lowest BCUT2D eigenvalue weighted by atomic mass is 10.2. The van der Waals surface area contributed by atoms with Crippen molar-refractivity contribution in [3.63, 3.8) is 0 Å². The van der Waals surface area contributed by atoms with Crippen molar-refractivity contribution in [3.05, 3.63) is 89.7 Å². The van der Waals surface area contributed by atoms with Crippen molar-refractivity contribution in [1.82, 2.24) is 15.0 Å². The highest BCUT2D eigenvalue weighted by atomic mass is 32.1. The molecule has 5 aromatic rings. The molecule has 7 heteroatoms. The minimum atomic E-state index is -0.286. The van der Waals surface area contributed by atoms with Gasteiger partial charge in [-0.2, -0.15) is 0 Å². The van der Waals surface area contributed by atoms with E-state index in [9.17, 15) is 9.18 Å². The summed E-state index contributed by atoms with van der Waals surface area (Å²) in [7, 11) is 0. The van der Waals surface area contributed by atoms with Crippen LogP contribution in [0.2, 0.25) is 0 Å². The maximum atomic E-state index is 13.1. The number of nitrogens with zero attached hydrogens (tertiary/aromatic N) is 2. The van der Waals surface area contributed by atoms with E-state index < -0.39 is 0 Å². The van der Waals surface area contributed by atoms with Crippen LogP contribution in [0.1, 0.15) is 5.69 Å². The van der Waals surface area contributed by atoms with E-state index in [0.717, 1.165) is 33.0 Å². The van der Waals surface area contributed by atoms with Crippen molar-refractivity contribution >= 4 is 34.0 Å². The zero-order chi connectivity index (χ0) is 21.2. The number of aromatic nitrogens is 3. The Hall–Kier alpha value is -3.84. The highest BCUT2D eigenvalue weighted by Crippen LogP contribution is 2.25. The van der Waals surface area contributed by atoms with Gasteiger partial charge in [-0.05, 0) is 60.7 Å². The van der Waals surface area contributed by atoms with Gasteiger partial charge in [0.05, 0.1) is 23.1 Å². The van der Waals surface area contributed by atoms with E-state index in [1.54, 1.807) is 12.1 Å². The van der Waals surface area contributed by atoms with Gasteiger partial charge in [0.1, 0.15) is 16.6 Å². The molecule has 0 saturated heterocycles. The summed E-state index contributed by atoms with van der Waals surface area (Å²) in [6.45, 7) is 0. The number of carbonyl (C=O) groups excluding carboxylic acids is 1. The average molecular weight is 428 g/mol. The number of rotatable bonds is 5. The molecule has 1 amide bonds. The van der Waals surface area contributed by atoms with Crippen LogP contribution >= 0.6 is 11.3 Å². The van der Waals surface area contributed by atoms with Crippen LogP contribution in [-0.4, -0.2) is 20.9 Å². The highest BCUT2D eigenvalue weighted by Gasteiger charge is 2.10. The molecule has 2 N–H and O–H groups in total. The molecule has 5 nitrogen and oxygen atoms in total. The molecule has 152 valence electrons. The van der Waals surface area contributed by atoms with Gasteiger partial charge in [0.25, 0.3) is 0 Å². The van der Waals surface area contributed by atoms with Crippen molar-refractivity contribution in [2.45, 2.75) is 6.42 Å². The number of hydrogen-bond acceptors (Lipinski definition) is 4. The van der Waals surface area contributed by atoms with Crippen LogP contribution in [0.3, 0.4) is 0 Å². The fourth-order valence-corrected chi connectivity index (χ4v) is 4.11. The molecular weight excluding hydrogens is 411 g/mol. The van der Waals surface area contributed by atoms with Crippen LogP contribution in [-0.2, 0) is 11.2 Å². The fourth-order valence-electron chi connectivity index (χ4n) is 3.28. The Morgan fingerprint density at radius 1 is 0.935 bits per heavy atom. The number of para-hydroxylation sites is 2. The van der Waals surface area contributed by atoms with E-state index in [0.29, 0.717) is 11.4 Å². The number of halogens is 1. The Morgan fingerprint density at radius 3 is 2.45 bits per heavy atom. The van der Waals surface area contributed by atoms with Crippen molar-refractivity contribution in [3.8, 4) is 22.0 Å². The summed E-state index contributed by atoms with van der Waals surface area (Å²) in [6, 6.07) is 21.6. The normalized spacial score (nSPS) is 11.0. The zero-order valence-electron chi connectivity index (χ0n) is 16.3. The van der Waals surface area contributed by atoms with Gasteiger partial charge < -0.3 is 10.3 Å². The van der Waals surface area contributed by atoms with E-state index in [1.807, 2.05) is 53.9 Å². The molecule has 0 atom stereocenters. The standard InChI is InChI=1S/C24H17FN4OS/c25-17-9-5-16(6-10-17)24-27-19(14-31-24)13-22(30)26-18-11-7-15(8-12-18)23-28-20-3-1-2-4-21(20)29-23/h1-12,14H,13H2,(H,26,30)(H,28,29). The summed E-state index contributed by atoms with van der Waals surface area (Å²) >= 11 is 1.43. The third kappa shape index (κ3) is 4.22. The first-order valence-corrected chi connectivity index (χ1v) is 10.6. The molecule has 0 spiro atoms. The second-order valence-electron chi connectivity index (χ2n) is 7.06. The van der Waals surface area contributed by atoms with Gasteiger partial charge >= 0.3 is 0 Å². The van der Waals surface area contributed by atoms with Gasteiger partial charge in [-0.15, -0.1) is 11.3 Å². The zero-order valence-corrected chi connectivity index (χ0v) is 17.1. The third-order valence-electron chi connectivity index (χ3n) is 4.82. The molecule has 3 aromatic carbocycles. The molecule has 0 unspecified atom stereocenters. The molecule has 0 aliphatic rings. The summed E-state index contributed by atoms with van der Waals surface area (Å²) in [5, 5.41) is 5.51. The number of benzene rings is 3. The Morgan fingerprint density at radius 2 is 1.68 bits per heavy atom. The largest absolute Gasteiger partial charge is 0.338 e. The number of anilines is 1. The Labute approximate surface area is 181 Å². The van der Waals surface area contributed by atoms with E-state index in [4.69, 9.17) is 0 Å². The van der Waals surface area contributed by atoms with Crippen molar-refractivity contribution in [2.24, 2.45) is 0 Å². The molecule has 5 rings (SSSR count). The van der Waals surface area contributed by atoms with Crippen LogP contribution < -0.4 is 5.32 Å². The topological polar surface area (TPSA) is 70.7 Å². The molecule has 0 aliphatic heterocycles. The number of thiazole rings is 1. The second-order valence-corrected chi connectivity index (χ2v) is 7.91. The van der Waals surface area contributed by atoms with E-state index in [-0.39, 0.29) is 18.1 Å². The highest BCUT2D eigenvalue weighted by molar-refractivity contribution is 7.13. The molecule has 0 aliphatic carbocycles. The molecule has 0 fully saturated rings. The minimum absolute atomic E-state index is 0.146. The maximum absolute atomic E-state index is 13.1. The number of hydrogen-bond donors (Lipinski definition) is 2. The lowest BCUT2D eigenvalue weighted by molar-refractivity contribution is -0.115. The van der Waals surface area contributed by atoms with Gasteiger partial charge in [-0.1, -0.05) is 12.1 Å². The number of aromatic amines is 1. The number of imidazole rings is 1. The fraction of sp³-hybridized carbons (Fsp3) is 0.0417. The molecular formula is C24H17FN4OS. The van der Waals surface area contributed by atoms with Crippen molar-refractivity contribution < 1.29 is 9.18 Å². The van der Waals surface area contributed by atoms with Crippen LogP contribution in [0.4, 0.5) is 10.1 Å². The SMILES string of the molecule is O=C(Cc1csc(-c2ccc(F)cc2)n1)Nc1ccc(-c2nc3ccccc3[nH]2)cc1. The molecule has 31 heavy (non-hydrogen) atoms. The number of amides is 1. The second kappa shape index (κ2) is 8.12. The van der Waals surface area contributed by atoms with E-state index >= 15 is 0 Å². The summed E-state index contributed by atoms with van der Waals surface area (Å²) in [5.41, 5.74) is 5.06. The lowest BCUT2D eigenvalue weighted by Gasteiger charge is -2.05. The lowest BCUT2D eigenvalue weighted by Crippen LogP contribution is -2.14. The first-order chi connectivity index (χ1) is 15.1. The van der Waals surface area contributed by atoms with Crippen molar-refractivity contribution in [1.29, 1.82) is 0 Å². The Kier molecular flexibility index (Phi) is 5.01. The smallest absolute Gasteiger partial charge is 0.230 e. The number of H-pyrrole nitrogens is 1. The van der Waals surface area contributed by atoms with E-state index in [2.05, 4.69) is 20.3 Å². The Balaban J connectivity index is 1.24. The molecule has 2 heterocycles. The van der Waals surface area contributed by atoms with Gasteiger partial charge in [0.15, 0.2) is 0 Å². The predicted molar refractivity (Wildman–Crippen MR) is 121 cm³/mol. The first-order valence-electron chi connectivity index (χ1n) is 9.69. The number of fused-ring (bicyclic) bond motifs is 1. The monoisotopic (exact) mass is 428 g/mol. The van der Waals surface area contributed by atoms with Gasteiger partial charge in [0, 0.05) is 22.2 Å². The van der Waals surface area contributed by atoms with Crippen LogP contribution in [0.5, 0.6) is 0 Å². The summed E-state index contributed by atoms with van der Waals surface area (Å²) in [5.74, 6) is 0.355. The van der Waals surface area contributed by atoms with Crippen LogP contribution in [0.15, 0.2) is 78.2 Å². The summed E-state index contributed by atoms with van der Waals surface area (Å²) in [4.78, 5) is 24.8. The molecule has 0 bridgehead atoms.